The lowest BCUT2D eigenvalue weighted by molar-refractivity contribution is 0.648. The van der Waals surface area contributed by atoms with Crippen molar-refractivity contribution < 1.29 is 0 Å². The summed E-state index contributed by atoms with van der Waals surface area (Å²) in [6, 6.07) is 8.02. The zero-order valence-electron chi connectivity index (χ0n) is 13.2. The summed E-state index contributed by atoms with van der Waals surface area (Å²) < 4.78 is 0. The molecule has 5 heteroatoms. The van der Waals surface area contributed by atoms with Crippen molar-refractivity contribution in [1.82, 2.24) is 15.6 Å². The summed E-state index contributed by atoms with van der Waals surface area (Å²) in [6.45, 7) is 6.17. The highest BCUT2D eigenvalue weighted by Crippen LogP contribution is 2.21. The lowest BCUT2D eigenvalue weighted by atomic mass is 10.1. The molecule has 0 bridgehead atoms. The number of nitrogens with zero attached hydrogens (tertiary/aromatic N) is 3. The quantitative estimate of drug-likeness (QED) is 0.838. The fourth-order valence-corrected chi connectivity index (χ4v) is 2.29. The van der Waals surface area contributed by atoms with Crippen molar-refractivity contribution in [3.63, 3.8) is 0 Å². The van der Waals surface area contributed by atoms with E-state index in [1.165, 1.54) is 0 Å². The average Bonchev–Trinajstić information content (AvgIpc) is 2.52. The van der Waals surface area contributed by atoms with Gasteiger partial charge in [-0.2, -0.15) is 5.26 Å². The highest BCUT2D eigenvalue weighted by Gasteiger charge is 2.17. The first-order valence-electron chi connectivity index (χ1n) is 7.50. The van der Waals surface area contributed by atoms with Gasteiger partial charge in [0.1, 0.15) is 11.6 Å². The molecule has 22 heavy (non-hydrogen) atoms. The summed E-state index contributed by atoms with van der Waals surface area (Å²) in [4.78, 5) is 8.87. The molecular formula is C17H21N5. The number of hydrogen-bond donors (Lipinski definition) is 2. The molecule has 1 aromatic heterocycles. The van der Waals surface area contributed by atoms with E-state index >= 15 is 0 Å². The zero-order valence-corrected chi connectivity index (χ0v) is 13.2. The molecule has 0 saturated heterocycles. The van der Waals surface area contributed by atoms with Crippen LogP contribution in [-0.4, -0.2) is 17.0 Å². The number of nitrogens with one attached hydrogen (secondary N) is 2. The molecule has 0 saturated carbocycles. The van der Waals surface area contributed by atoms with Gasteiger partial charge in [-0.15, -0.1) is 0 Å². The molecule has 1 aliphatic rings. The molecule has 1 atom stereocenters. The van der Waals surface area contributed by atoms with Crippen LogP contribution in [0.1, 0.15) is 39.3 Å². The fraction of sp³-hybridized carbons (Fsp3) is 0.353. The van der Waals surface area contributed by atoms with Gasteiger partial charge in [0, 0.05) is 12.4 Å². The molecule has 0 aromatic carbocycles. The molecule has 0 amide bonds. The number of guanidine groups is 1. The topological polar surface area (TPSA) is 73.1 Å². The Morgan fingerprint density at radius 2 is 2.27 bits per heavy atom. The number of aliphatic imine (C=N–C) groups is 1. The maximum Gasteiger partial charge on any atom is 0.200 e. The first-order chi connectivity index (χ1) is 10.7. The Morgan fingerprint density at radius 1 is 1.45 bits per heavy atom. The highest BCUT2D eigenvalue weighted by molar-refractivity contribution is 5.90. The lowest BCUT2D eigenvalue weighted by Gasteiger charge is -2.22. The number of rotatable bonds is 4. The average molecular weight is 295 g/mol. The summed E-state index contributed by atoms with van der Waals surface area (Å²) in [5.74, 6) is 0.672. The van der Waals surface area contributed by atoms with Gasteiger partial charge in [0.05, 0.1) is 17.4 Å². The van der Waals surface area contributed by atoms with Gasteiger partial charge < -0.3 is 10.6 Å². The van der Waals surface area contributed by atoms with Crippen molar-refractivity contribution in [3.8, 4) is 6.07 Å². The van der Waals surface area contributed by atoms with Gasteiger partial charge in [0.15, 0.2) is 5.96 Å². The summed E-state index contributed by atoms with van der Waals surface area (Å²) in [5, 5.41) is 15.9. The monoisotopic (exact) mass is 295 g/mol. The molecular weight excluding hydrogens is 274 g/mol. The molecule has 0 aliphatic carbocycles. The van der Waals surface area contributed by atoms with E-state index in [1.54, 1.807) is 6.20 Å². The standard InChI is InChI=1S/C17H21N5/c1-4-7-13(3)21-17-20-11-12(2)16(22-17)14(10-18)15-8-5-6-9-19-15/h5-6,8-9,11,13H,4,7H2,1-3H3,(H2,20,21,22). The smallest absolute Gasteiger partial charge is 0.200 e. The Labute approximate surface area is 131 Å². The minimum absolute atomic E-state index is 0.230. The number of allylic oxidation sites excluding steroid dienone is 2. The third kappa shape index (κ3) is 3.73. The predicted octanol–water partition coefficient (Wildman–Crippen LogP) is 2.96. The molecule has 1 aromatic rings. The predicted molar refractivity (Wildman–Crippen MR) is 88.6 cm³/mol. The SMILES string of the molecule is CCCC(C)N=C1NC=C(C)C(=C(C#N)c2ccccn2)N1. The minimum Gasteiger partial charge on any atom is -0.332 e. The van der Waals surface area contributed by atoms with Crippen LogP contribution in [0.2, 0.25) is 0 Å². The first-order valence-corrected chi connectivity index (χ1v) is 7.50. The van der Waals surface area contributed by atoms with Crippen LogP contribution in [0.15, 0.2) is 46.9 Å². The number of nitriles is 1. The van der Waals surface area contributed by atoms with E-state index in [4.69, 9.17) is 0 Å². The Morgan fingerprint density at radius 3 is 2.91 bits per heavy atom. The van der Waals surface area contributed by atoms with Crippen LogP contribution < -0.4 is 10.6 Å². The molecule has 2 N–H and O–H groups in total. The van der Waals surface area contributed by atoms with Crippen molar-refractivity contribution >= 4 is 11.5 Å². The van der Waals surface area contributed by atoms with Crippen LogP contribution in [0, 0.1) is 11.3 Å². The maximum atomic E-state index is 9.53. The van der Waals surface area contributed by atoms with E-state index in [0.717, 1.165) is 24.1 Å². The van der Waals surface area contributed by atoms with E-state index in [1.807, 2.05) is 31.3 Å². The fourth-order valence-electron chi connectivity index (χ4n) is 2.29. The second-order valence-electron chi connectivity index (χ2n) is 5.29. The largest absolute Gasteiger partial charge is 0.332 e. The van der Waals surface area contributed by atoms with Crippen molar-refractivity contribution in [3.05, 3.63) is 47.6 Å². The van der Waals surface area contributed by atoms with Crippen molar-refractivity contribution in [1.29, 1.82) is 5.26 Å². The Balaban J connectivity index is 2.37. The molecule has 0 fully saturated rings. The molecule has 1 unspecified atom stereocenters. The Kier molecular flexibility index (Phi) is 5.31. The number of pyridine rings is 1. The molecule has 1 aliphatic heterocycles. The molecule has 5 nitrogen and oxygen atoms in total. The second-order valence-corrected chi connectivity index (χ2v) is 5.29. The van der Waals surface area contributed by atoms with Crippen molar-refractivity contribution in [2.45, 2.75) is 39.7 Å². The highest BCUT2D eigenvalue weighted by atomic mass is 15.2. The maximum absolute atomic E-state index is 9.53. The normalized spacial score (nSPS) is 19.5. The Hall–Kier alpha value is -2.61. The van der Waals surface area contributed by atoms with Crippen LogP contribution in [-0.2, 0) is 0 Å². The van der Waals surface area contributed by atoms with Gasteiger partial charge in [-0.05, 0) is 38.0 Å². The molecule has 0 spiro atoms. The third-order valence-electron chi connectivity index (χ3n) is 3.40. The van der Waals surface area contributed by atoms with Crippen LogP contribution >= 0.6 is 0 Å². The summed E-state index contributed by atoms with van der Waals surface area (Å²) >= 11 is 0. The molecule has 114 valence electrons. The van der Waals surface area contributed by atoms with Crippen LogP contribution in [0.4, 0.5) is 0 Å². The van der Waals surface area contributed by atoms with Gasteiger partial charge in [0.2, 0.25) is 0 Å². The van der Waals surface area contributed by atoms with E-state index in [2.05, 4.69) is 40.5 Å². The van der Waals surface area contributed by atoms with Gasteiger partial charge in [0.25, 0.3) is 0 Å². The zero-order chi connectivity index (χ0) is 15.9. The van der Waals surface area contributed by atoms with Crippen LogP contribution in [0.3, 0.4) is 0 Å². The molecule has 0 radical (unpaired) electrons. The first kappa shape index (κ1) is 15.8. The van der Waals surface area contributed by atoms with Crippen LogP contribution in [0.5, 0.6) is 0 Å². The van der Waals surface area contributed by atoms with E-state index in [9.17, 15) is 5.26 Å². The second kappa shape index (κ2) is 7.41. The van der Waals surface area contributed by atoms with Gasteiger partial charge >= 0.3 is 0 Å². The molecule has 2 rings (SSSR count). The lowest BCUT2D eigenvalue weighted by Crippen LogP contribution is -2.39. The van der Waals surface area contributed by atoms with Gasteiger partial charge in [-0.1, -0.05) is 19.4 Å². The number of hydrogen-bond acceptors (Lipinski definition) is 3. The Bertz CT molecular complexity index is 649. The van der Waals surface area contributed by atoms with Crippen LogP contribution in [0.25, 0.3) is 5.57 Å². The van der Waals surface area contributed by atoms with Gasteiger partial charge in [-0.25, -0.2) is 4.99 Å². The van der Waals surface area contributed by atoms with Gasteiger partial charge in [-0.3, -0.25) is 4.98 Å². The van der Waals surface area contributed by atoms with Crippen molar-refractivity contribution in [2.24, 2.45) is 4.99 Å². The van der Waals surface area contributed by atoms with E-state index < -0.39 is 0 Å². The summed E-state index contributed by atoms with van der Waals surface area (Å²) in [7, 11) is 0. The summed E-state index contributed by atoms with van der Waals surface area (Å²) in [5.41, 5.74) is 2.88. The molecule has 2 heterocycles. The number of aromatic nitrogens is 1. The summed E-state index contributed by atoms with van der Waals surface area (Å²) in [6.07, 6.45) is 5.67. The minimum atomic E-state index is 0.230. The van der Waals surface area contributed by atoms with E-state index in [-0.39, 0.29) is 6.04 Å². The van der Waals surface area contributed by atoms with Crippen molar-refractivity contribution in [2.75, 3.05) is 0 Å². The van der Waals surface area contributed by atoms with E-state index in [0.29, 0.717) is 17.2 Å². The third-order valence-corrected chi connectivity index (χ3v) is 3.40.